The van der Waals surface area contributed by atoms with Crippen LogP contribution < -0.4 is 15.2 Å². The minimum Gasteiger partial charge on any atom is -0.492 e. The molecule has 4 aromatic rings. The van der Waals surface area contributed by atoms with Crippen LogP contribution in [0.2, 0.25) is 0 Å². The molecule has 1 aliphatic rings. The molecule has 11 nitrogen and oxygen atoms in total. The van der Waals surface area contributed by atoms with Gasteiger partial charge in [-0.2, -0.15) is 0 Å². The molecule has 0 radical (unpaired) electrons. The van der Waals surface area contributed by atoms with E-state index in [1.165, 1.54) is 10.6 Å². The molecule has 1 fully saturated rings. The van der Waals surface area contributed by atoms with Crippen molar-refractivity contribution in [1.29, 1.82) is 0 Å². The summed E-state index contributed by atoms with van der Waals surface area (Å²) in [5.74, 6) is -1.14. The molecule has 0 bridgehead atoms. The van der Waals surface area contributed by atoms with Gasteiger partial charge in [0.05, 0.1) is 29.7 Å². The fourth-order valence-corrected chi connectivity index (χ4v) is 4.12. The van der Waals surface area contributed by atoms with Crippen LogP contribution in [-0.2, 0) is 22.7 Å². The van der Waals surface area contributed by atoms with Crippen LogP contribution in [0.15, 0.2) is 53.3 Å². The van der Waals surface area contributed by atoms with E-state index in [9.17, 15) is 19.2 Å². The second-order valence-corrected chi connectivity index (χ2v) is 7.53. The Bertz CT molecular complexity index is 1540. The first kappa shape index (κ1) is 21.3. The van der Waals surface area contributed by atoms with Crippen molar-refractivity contribution in [3.63, 3.8) is 0 Å². The standard InChI is InChI=1S/C23H20N6O5/c1-3-26-19(30)14-9-5-6-10-15(14)28-18(24-25-22(26)28)13-27-20(31)21(32)29(23(27)33)16-11-7-8-12-17(16)34-4-2/h5-12H,3-4,13H2,1-2H3. The van der Waals surface area contributed by atoms with Crippen LogP contribution in [-0.4, -0.2) is 48.5 Å². The van der Waals surface area contributed by atoms with Gasteiger partial charge in [-0.25, -0.2) is 14.6 Å². The number of carbonyl (C=O) groups excluding carboxylic acids is 3. The number of carbonyl (C=O) groups is 3. The number of aromatic nitrogens is 4. The fourth-order valence-electron chi connectivity index (χ4n) is 4.12. The molecule has 0 spiro atoms. The molecule has 2 aromatic heterocycles. The van der Waals surface area contributed by atoms with Gasteiger partial charge in [0.25, 0.3) is 5.56 Å². The van der Waals surface area contributed by atoms with Crippen molar-refractivity contribution < 1.29 is 19.1 Å². The fraction of sp³-hybridized carbons (Fsp3) is 0.217. The normalized spacial score (nSPS) is 14.1. The first-order valence-corrected chi connectivity index (χ1v) is 10.7. The number of hydrogen-bond donors (Lipinski definition) is 0. The third kappa shape index (κ3) is 3.04. The monoisotopic (exact) mass is 460 g/mol. The van der Waals surface area contributed by atoms with Crippen LogP contribution in [0.1, 0.15) is 19.7 Å². The van der Waals surface area contributed by atoms with E-state index in [0.29, 0.717) is 29.8 Å². The van der Waals surface area contributed by atoms with E-state index in [-0.39, 0.29) is 29.4 Å². The van der Waals surface area contributed by atoms with Crippen LogP contribution in [0.4, 0.5) is 10.5 Å². The molecule has 1 aliphatic heterocycles. The topological polar surface area (TPSA) is 119 Å². The quantitative estimate of drug-likeness (QED) is 0.319. The molecule has 34 heavy (non-hydrogen) atoms. The molecule has 11 heteroatoms. The van der Waals surface area contributed by atoms with E-state index in [2.05, 4.69) is 10.2 Å². The summed E-state index contributed by atoms with van der Waals surface area (Å²) in [6.07, 6.45) is 0. The number of para-hydroxylation sites is 3. The number of amides is 4. The molecule has 172 valence electrons. The number of anilines is 1. The lowest BCUT2D eigenvalue weighted by Gasteiger charge is -2.18. The van der Waals surface area contributed by atoms with Gasteiger partial charge in [0.2, 0.25) is 5.78 Å². The zero-order chi connectivity index (χ0) is 24.0. The zero-order valence-electron chi connectivity index (χ0n) is 18.5. The molecular formula is C23H20N6O5. The highest BCUT2D eigenvalue weighted by Gasteiger charge is 2.47. The highest BCUT2D eigenvalue weighted by molar-refractivity contribution is 6.52. The van der Waals surface area contributed by atoms with Crippen molar-refractivity contribution in [3.05, 3.63) is 64.7 Å². The molecule has 0 saturated carbocycles. The Labute approximate surface area is 192 Å². The van der Waals surface area contributed by atoms with Gasteiger partial charge in [-0.05, 0) is 38.1 Å². The minimum atomic E-state index is -0.985. The summed E-state index contributed by atoms with van der Waals surface area (Å²) in [5, 5.41) is 8.73. The van der Waals surface area contributed by atoms with Crippen LogP contribution in [0.25, 0.3) is 16.7 Å². The second kappa shape index (κ2) is 8.10. The first-order valence-electron chi connectivity index (χ1n) is 10.7. The third-order valence-electron chi connectivity index (χ3n) is 5.65. The Balaban J connectivity index is 1.60. The smallest absolute Gasteiger partial charge is 0.339 e. The Hall–Kier alpha value is -4.54. The molecule has 5 rings (SSSR count). The predicted molar refractivity (Wildman–Crippen MR) is 121 cm³/mol. The number of benzene rings is 2. The molecular weight excluding hydrogens is 440 g/mol. The highest BCUT2D eigenvalue weighted by Crippen LogP contribution is 2.32. The lowest BCUT2D eigenvalue weighted by atomic mass is 10.2. The molecule has 2 aromatic carbocycles. The third-order valence-corrected chi connectivity index (χ3v) is 5.65. The van der Waals surface area contributed by atoms with Crippen molar-refractivity contribution in [2.45, 2.75) is 26.9 Å². The van der Waals surface area contributed by atoms with Crippen molar-refractivity contribution in [3.8, 4) is 5.75 Å². The summed E-state index contributed by atoms with van der Waals surface area (Å²) in [5.41, 5.74) is 0.509. The second-order valence-electron chi connectivity index (χ2n) is 7.53. The Morgan fingerprint density at radius 2 is 1.62 bits per heavy atom. The first-order chi connectivity index (χ1) is 16.5. The van der Waals surface area contributed by atoms with Gasteiger partial charge < -0.3 is 4.74 Å². The van der Waals surface area contributed by atoms with Crippen molar-refractivity contribution in [2.24, 2.45) is 0 Å². The maximum atomic E-state index is 13.2. The SMILES string of the molecule is CCOc1ccccc1N1C(=O)C(=O)N(Cc2nnc3n(CC)c(=O)c4ccccc4n23)C1=O. The van der Waals surface area contributed by atoms with Crippen molar-refractivity contribution >= 4 is 40.2 Å². The summed E-state index contributed by atoms with van der Waals surface area (Å²) in [4.78, 5) is 53.3. The number of aryl methyl sites for hydroxylation is 1. The van der Waals surface area contributed by atoms with Crippen LogP contribution in [0.3, 0.4) is 0 Å². The summed E-state index contributed by atoms with van der Waals surface area (Å²) in [6.45, 7) is 3.96. The number of hydrogen-bond acceptors (Lipinski definition) is 7. The minimum absolute atomic E-state index is 0.187. The van der Waals surface area contributed by atoms with E-state index >= 15 is 0 Å². The lowest BCUT2D eigenvalue weighted by molar-refractivity contribution is -0.139. The Morgan fingerprint density at radius 1 is 0.882 bits per heavy atom. The van der Waals surface area contributed by atoms with Gasteiger partial charge in [-0.3, -0.25) is 23.4 Å². The van der Waals surface area contributed by atoms with Gasteiger partial charge >= 0.3 is 17.8 Å². The van der Waals surface area contributed by atoms with E-state index in [4.69, 9.17) is 4.74 Å². The summed E-state index contributed by atoms with van der Waals surface area (Å²) in [7, 11) is 0. The van der Waals surface area contributed by atoms with Crippen LogP contribution >= 0.6 is 0 Å². The van der Waals surface area contributed by atoms with Crippen molar-refractivity contribution in [1.82, 2.24) is 24.1 Å². The predicted octanol–water partition coefficient (Wildman–Crippen LogP) is 1.96. The molecule has 3 heterocycles. The zero-order valence-corrected chi connectivity index (χ0v) is 18.5. The van der Waals surface area contributed by atoms with Gasteiger partial charge in [0.15, 0.2) is 5.82 Å². The maximum absolute atomic E-state index is 13.2. The summed E-state index contributed by atoms with van der Waals surface area (Å²) < 4.78 is 8.62. The number of urea groups is 1. The number of rotatable bonds is 6. The van der Waals surface area contributed by atoms with Crippen LogP contribution in [0, 0.1) is 0 Å². The largest absolute Gasteiger partial charge is 0.492 e. The summed E-state index contributed by atoms with van der Waals surface area (Å²) >= 11 is 0. The maximum Gasteiger partial charge on any atom is 0.339 e. The highest BCUT2D eigenvalue weighted by atomic mass is 16.5. The Kier molecular flexibility index (Phi) is 5.08. The van der Waals surface area contributed by atoms with Gasteiger partial charge in [0.1, 0.15) is 5.75 Å². The molecule has 0 unspecified atom stereocenters. The van der Waals surface area contributed by atoms with E-state index < -0.39 is 17.8 Å². The molecule has 1 saturated heterocycles. The van der Waals surface area contributed by atoms with Gasteiger partial charge in [-0.1, -0.05) is 24.3 Å². The van der Waals surface area contributed by atoms with E-state index in [1.54, 1.807) is 53.8 Å². The summed E-state index contributed by atoms with van der Waals surface area (Å²) in [6, 6.07) is 12.6. The lowest BCUT2D eigenvalue weighted by Crippen LogP contribution is -2.34. The number of nitrogens with zero attached hydrogens (tertiary/aromatic N) is 6. The number of imide groups is 2. The van der Waals surface area contributed by atoms with Crippen LogP contribution in [0.5, 0.6) is 5.75 Å². The van der Waals surface area contributed by atoms with Gasteiger partial charge in [-0.15, -0.1) is 10.2 Å². The molecule has 4 amide bonds. The van der Waals surface area contributed by atoms with Crippen molar-refractivity contribution in [2.75, 3.05) is 11.5 Å². The van der Waals surface area contributed by atoms with Gasteiger partial charge in [0, 0.05) is 6.54 Å². The van der Waals surface area contributed by atoms with E-state index in [1.807, 2.05) is 6.92 Å². The number of fused-ring (bicyclic) bond motifs is 3. The molecule has 0 N–H and O–H groups in total. The average Bonchev–Trinajstić information content (AvgIpc) is 3.35. The molecule has 0 atom stereocenters. The molecule has 0 aliphatic carbocycles. The average molecular weight is 460 g/mol. The Morgan fingerprint density at radius 3 is 2.38 bits per heavy atom. The number of ether oxygens (including phenoxy) is 1. The van der Waals surface area contributed by atoms with E-state index in [0.717, 1.165) is 9.80 Å².